The Hall–Kier alpha value is -1.68. The van der Waals surface area contributed by atoms with Gasteiger partial charge in [-0.3, -0.25) is 9.78 Å². The lowest BCUT2D eigenvalue weighted by molar-refractivity contribution is 0.103. The summed E-state index contributed by atoms with van der Waals surface area (Å²) in [6.07, 6.45) is 3.17. The number of nitrogen functional groups attached to an aromatic ring is 1. The van der Waals surface area contributed by atoms with Crippen molar-refractivity contribution >= 4 is 27.4 Å². The summed E-state index contributed by atoms with van der Waals surface area (Å²) in [4.78, 5) is 15.9. The molecule has 0 bridgehead atoms. The van der Waals surface area contributed by atoms with Gasteiger partial charge in [0.1, 0.15) is 0 Å². The van der Waals surface area contributed by atoms with Gasteiger partial charge in [-0.1, -0.05) is 0 Å². The highest BCUT2D eigenvalue weighted by molar-refractivity contribution is 9.10. The van der Waals surface area contributed by atoms with Gasteiger partial charge in [-0.2, -0.15) is 0 Å². The normalized spacial score (nSPS) is 10.1. The van der Waals surface area contributed by atoms with E-state index in [0.29, 0.717) is 16.8 Å². The van der Waals surface area contributed by atoms with Crippen LogP contribution in [0.25, 0.3) is 0 Å². The smallest absolute Gasteiger partial charge is 0.194 e. The van der Waals surface area contributed by atoms with Crippen molar-refractivity contribution in [1.29, 1.82) is 0 Å². The summed E-state index contributed by atoms with van der Waals surface area (Å²) in [5.41, 5.74) is 7.40. The zero-order valence-corrected chi connectivity index (χ0v) is 9.94. The number of hydrogen-bond acceptors (Lipinski definition) is 3. The van der Waals surface area contributed by atoms with Gasteiger partial charge in [-0.05, 0) is 46.3 Å². The molecule has 0 aliphatic rings. The largest absolute Gasteiger partial charge is 0.398 e. The first-order chi connectivity index (χ1) is 7.68. The number of pyridine rings is 1. The van der Waals surface area contributed by atoms with Gasteiger partial charge >= 0.3 is 0 Å². The Bertz CT molecular complexity index is 526. The predicted octanol–water partition coefficient (Wildman–Crippen LogP) is 2.66. The Labute approximate surface area is 101 Å². The van der Waals surface area contributed by atoms with Crippen LogP contribution in [-0.2, 0) is 0 Å². The molecule has 0 spiro atoms. The number of nitrogens with zero attached hydrogens (tertiary/aromatic N) is 1. The van der Waals surface area contributed by atoms with Crippen molar-refractivity contribution in [3.05, 3.63) is 58.3 Å². The molecule has 2 rings (SSSR count). The highest BCUT2D eigenvalue weighted by Gasteiger charge is 2.09. The first kappa shape index (κ1) is 10.8. The molecule has 0 aliphatic heterocycles. The zero-order valence-electron chi connectivity index (χ0n) is 8.35. The predicted molar refractivity (Wildman–Crippen MR) is 66.2 cm³/mol. The SMILES string of the molecule is Nc1cc(C(=O)c2cccnc2)ccc1Br. The molecule has 2 aromatic rings. The Morgan fingerprint density at radius 3 is 2.69 bits per heavy atom. The van der Waals surface area contributed by atoms with Crippen molar-refractivity contribution in [2.75, 3.05) is 5.73 Å². The Kier molecular flexibility index (Phi) is 3.01. The monoisotopic (exact) mass is 276 g/mol. The van der Waals surface area contributed by atoms with Gasteiger partial charge in [-0.25, -0.2) is 0 Å². The van der Waals surface area contributed by atoms with Gasteiger partial charge in [0.25, 0.3) is 0 Å². The first-order valence-electron chi connectivity index (χ1n) is 4.68. The van der Waals surface area contributed by atoms with Crippen molar-refractivity contribution in [1.82, 2.24) is 4.98 Å². The highest BCUT2D eigenvalue weighted by atomic mass is 79.9. The quantitative estimate of drug-likeness (QED) is 0.678. The molecule has 0 saturated heterocycles. The number of carbonyl (C=O) groups is 1. The third kappa shape index (κ3) is 2.12. The molecular formula is C12H9BrN2O. The molecule has 0 amide bonds. The summed E-state index contributed by atoms with van der Waals surface area (Å²) < 4.78 is 0.787. The van der Waals surface area contributed by atoms with Crippen LogP contribution in [0.4, 0.5) is 5.69 Å². The summed E-state index contributed by atoms with van der Waals surface area (Å²) >= 11 is 3.29. The Morgan fingerprint density at radius 2 is 2.06 bits per heavy atom. The van der Waals surface area contributed by atoms with E-state index in [1.807, 2.05) is 0 Å². The van der Waals surface area contributed by atoms with E-state index in [1.165, 1.54) is 0 Å². The van der Waals surface area contributed by atoms with Crippen LogP contribution in [0, 0.1) is 0 Å². The number of rotatable bonds is 2. The van der Waals surface area contributed by atoms with Gasteiger partial charge in [0, 0.05) is 33.7 Å². The van der Waals surface area contributed by atoms with Crippen LogP contribution in [0.1, 0.15) is 15.9 Å². The van der Waals surface area contributed by atoms with Crippen molar-refractivity contribution < 1.29 is 4.79 Å². The van der Waals surface area contributed by atoms with Crippen LogP contribution in [0.2, 0.25) is 0 Å². The molecule has 0 saturated carbocycles. The fourth-order valence-corrected chi connectivity index (χ4v) is 1.60. The van der Waals surface area contributed by atoms with E-state index in [0.717, 1.165) is 4.47 Å². The van der Waals surface area contributed by atoms with E-state index < -0.39 is 0 Å². The maximum Gasteiger partial charge on any atom is 0.194 e. The molecule has 0 atom stereocenters. The van der Waals surface area contributed by atoms with Gasteiger partial charge in [0.2, 0.25) is 0 Å². The third-order valence-electron chi connectivity index (χ3n) is 2.18. The van der Waals surface area contributed by atoms with E-state index in [9.17, 15) is 4.79 Å². The van der Waals surface area contributed by atoms with Gasteiger partial charge in [0.15, 0.2) is 5.78 Å². The topological polar surface area (TPSA) is 56.0 Å². The van der Waals surface area contributed by atoms with Crippen LogP contribution >= 0.6 is 15.9 Å². The third-order valence-corrected chi connectivity index (χ3v) is 2.90. The van der Waals surface area contributed by atoms with Crippen molar-refractivity contribution in [2.45, 2.75) is 0 Å². The molecule has 3 nitrogen and oxygen atoms in total. The fourth-order valence-electron chi connectivity index (χ4n) is 1.35. The van der Waals surface area contributed by atoms with Gasteiger partial charge in [0.05, 0.1) is 0 Å². The molecule has 0 aliphatic carbocycles. The van der Waals surface area contributed by atoms with Crippen LogP contribution in [0.5, 0.6) is 0 Å². The second kappa shape index (κ2) is 4.45. The summed E-state index contributed by atoms with van der Waals surface area (Å²) in [5, 5.41) is 0. The molecule has 0 fully saturated rings. The van der Waals surface area contributed by atoms with Crippen LogP contribution in [0.15, 0.2) is 47.2 Å². The minimum Gasteiger partial charge on any atom is -0.398 e. The molecule has 0 radical (unpaired) electrons. The van der Waals surface area contributed by atoms with Crippen LogP contribution < -0.4 is 5.73 Å². The lowest BCUT2D eigenvalue weighted by Crippen LogP contribution is -2.02. The Balaban J connectivity index is 2.39. The number of aromatic nitrogens is 1. The maximum atomic E-state index is 12.0. The number of anilines is 1. The molecule has 80 valence electrons. The Morgan fingerprint density at radius 1 is 1.25 bits per heavy atom. The lowest BCUT2D eigenvalue weighted by Gasteiger charge is -2.03. The molecule has 2 N–H and O–H groups in total. The standard InChI is InChI=1S/C12H9BrN2O/c13-10-4-3-8(6-11(10)14)12(16)9-2-1-5-15-7-9/h1-7H,14H2. The summed E-state index contributed by atoms with van der Waals surface area (Å²) in [7, 11) is 0. The van der Waals surface area contributed by atoms with Crippen molar-refractivity contribution in [3.63, 3.8) is 0 Å². The summed E-state index contributed by atoms with van der Waals surface area (Å²) in [6, 6.07) is 8.61. The summed E-state index contributed by atoms with van der Waals surface area (Å²) in [6.45, 7) is 0. The van der Waals surface area contributed by atoms with E-state index in [4.69, 9.17) is 5.73 Å². The highest BCUT2D eigenvalue weighted by Crippen LogP contribution is 2.21. The second-order valence-electron chi connectivity index (χ2n) is 3.31. The van der Waals surface area contributed by atoms with Crippen molar-refractivity contribution in [3.8, 4) is 0 Å². The molecular weight excluding hydrogens is 268 g/mol. The fraction of sp³-hybridized carbons (Fsp3) is 0. The average Bonchev–Trinajstić information content (AvgIpc) is 2.33. The number of carbonyl (C=O) groups excluding carboxylic acids is 1. The van der Waals surface area contributed by atoms with Gasteiger partial charge < -0.3 is 5.73 Å². The number of nitrogens with two attached hydrogens (primary N) is 1. The number of halogens is 1. The lowest BCUT2D eigenvalue weighted by atomic mass is 10.0. The van der Waals surface area contributed by atoms with Crippen LogP contribution in [-0.4, -0.2) is 10.8 Å². The molecule has 1 aromatic heterocycles. The number of ketones is 1. The van der Waals surface area contributed by atoms with E-state index in [1.54, 1.807) is 42.7 Å². The van der Waals surface area contributed by atoms with Crippen molar-refractivity contribution in [2.24, 2.45) is 0 Å². The first-order valence-corrected chi connectivity index (χ1v) is 5.47. The minimum absolute atomic E-state index is 0.0766. The maximum absolute atomic E-state index is 12.0. The molecule has 0 unspecified atom stereocenters. The summed E-state index contributed by atoms with van der Waals surface area (Å²) in [5.74, 6) is -0.0766. The second-order valence-corrected chi connectivity index (χ2v) is 4.16. The molecule has 4 heteroatoms. The zero-order chi connectivity index (χ0) is 11.5. The number of benzene rings is 1. The van der Waals surface area contributed by atoms with E-state index in [2.05, 4.69) is 20.9 Å². The van der Waals surface area contributed by atoms with E-state index >= 15 is 0 Å². The minimum atomic E-state index is -0.0766. The molecule has 1 aromatic carbocycles. The number of hydrogen-bond donors (Lipinski definition) is 1. The molecule has 1 heterocycles. The average molecular weight is 277 g/mol. The van der Waals surface area contributed by atoms with Crippen LogP contribution in [0.3, 0.4) is 0 Å². The van der Waals surface area contributed by atoms with Gasteiger partial charge in [-0.15, -0.1) is 0 Å². The van der Waals surface area contributed by atoms with E-state index in [-0.39, 0.29) is 5.78 Å². The molecule has 16 heavy (non-hydrogen) atoms.